The minimum absolute atomic E-state index is 0.234. The highest BCUT2D eigenvalue weighted by Crippen LogP contribution is 2.34. The topological polar surface area (TPSA) is 83.8 Å². The van der Waals surface area contributed by atoms with Gasteiger partial charge in [-0.15, -0.1) is 0 Å². The lowest BCUT2D eigenvalue weighted by Gasteiger charge is -2.10. The van der Waals surface area contributed by atoms with Gasteiger partial charge in [-0.3, -0.25) is 4.79 Å². The molecule has 7 aromatic rings. The zero-order chi connectivity index (χ0) is 29.1. The number of fused-ring (bicyclic) bond motifs is 4. The third-order valence-electron chi connectivity index (χ3n) is 7.81. The van der Waals surface area contributed by atoms with Gasteiger partial charge in [-0.25, -0.2) is 4.98 Å². The van der Waals surface area contributed by atoms with Gasteiger partial charge in [-0.1, -0.05) is 48.0 Å². The number of para-hydroxylation sites is 2. The Morgan fingerprint density at radius 2 is 1.74 bits per heavy atom. The number of benzene rings is 4. The molecule has 0 N–H and O–H groups in total. The summed E-state index contributed by atoms with van der Waals surface area (Å²) < 4.78 is 20.8. The van der Waals surface area contributed by atoms with E-state index in [0.29, 0.717) is 39.6 Å². The van der Waals surface area contributed by atoms with Crippen LogP contribution in [-0.4, -0.2) is 27.2 Å². The van der Waals surface area contributed by atoms with Crippen molar-refractivity contribution in [3.63, 3.8) is 0 Å². The van der Waals surface area contributed by atoms with Crippen LogP contribution in [0.5, 0.6) is 11.5 Å². The zero-order valence-electron chi connectivity index (χ0n) is 23.0. The van der Waals surface area contributed by atoms with E-state index in [4.69, 9.17) is 35.6 Å². The summed E-state index contributed by atoms with van der Waals surface area (Å²) in [5.74, 6) is 2.22. The number of hydrogen-bond donors (Lipinski definition) is 0. The third-order valence-corrected chi connectivity index (χ3v) is 8.05. The van der Waals surface area contributed by atoms with Gasteiger partial charge in [0.2, 0.25) is 12.6 Å². The maximum Gasteiger partial charge on any atom is 0.282 e. The maximum absolute atomic E-state index is 13.8. The first-order valence-electron chi connectivity index (χ1n) is 13.8. The van der Waals surface area contributed by atoms with Crippen LogP contribution < -0.4 is 15.0 Å². The van der Waals surface area contributed by atoms with Gasteiger partial charge < -0.3 is 18.5 Å². The lowest BCUT2D eigenvalue weighted by atomic mass is 10.1. The molecule has 210 valence electrons. The van der Waals surface area contributed by atoms with Crippen LogP contribution in [0.2, 0.25) is 5.02 Å². The minimum Gasteiger partial charge on any atom is -0.454 e. The Kier molecular flexibility index (Phi) is 5.84. The molecule has 8 nitrogen and oxygen atoms in total. The van der Waals surface area contributed by atoms with Crippen LogP contribution in [0.3, 0.4) is 0 Å². The molecule has 3 aromatic heterocycles. The molecule has 0 aliphatic carbocycles. The van der Waals surface area contributed by atoms with Crippen LogP contribution in [0.1, 0.15) is 16.8 Å². The number of furan rings is 1. The van der Waals surface area contributed by atoms with E-state index in [2.05, 4.69) is 23.6 Å². The van der Waals surface area contributed by atoms with E-state index in [-0.39, 0.29) is 12.4 Å². The van der Waals surface area contributed by atoms with Crippen molar-refractivity contribution in [1.29, 1.82) is 0 Å². The zero-order valence-corrected chi connectivity index (χ0v) is 23.7. The first-order chi connectivity index (χ1) is 21.0. The molecule has 0 spiro atoms. The van der Waals surface area contributed by atoms with Gasteiger partial charge in [0, 0.05) is 39.1 Å². The molecule has 0 bridgehead atoms. The summed E-state index contributed by atoms with van der Waals surface area (Å²) in [5, 5.41) is 7.63. The van der Waals surface area contributed by atoms with Gasteiger partial charge in [-0.2, -0.15) is 9.78 Å². The fourth-order valence-corrected chi connectivity index (χ4v) is 5.86. The Bertz CT molecular complexity index is 2310. The Balaban J connectivity index is 1.27. The quantitative estimate of drug-likeness (QED) is 0.196. The van der Waals surface area contributed by atoms with Gasteiger partial charge in [0.05, 0.1) is 17.1 Å². The van der Waals surface area contributed by atoms with E-state index in [1.807, 2.05) is 60.7 Å². The molecule has 0 saturated carbocycles. The summed E-state index contributed by atoms with van der Waals surface area (Å²) >= 11 is 6.22. The van der Waals surface area contributed by atoms with Crippen LogP contribution in [-0.2, 0) is 6.54 Å². The summed E-state index contributed by atoms with van der Waals surface area (Å²) in [5.41, 5.74) is 4.94. The first-order valence-corrected chi connectivity index (χ1v) is 14.1. The number of rotatable bonds is 5. The number of aromatic nitrogens is 3. The highest BCUT2D eigenvalue weighted by atomic mass is 35.5. The third kappa shape index (κ3) is 4.26. The van der Waals surface area contributed by atoms with Gasteiger partial charge in [-0.05, 0) is 67.1 Å². The molecule has 4 aromatic carbocycles. The fourth-order valence-electron chi connectivity index (χ4n) is 5.68. The monoisotopic (exact) mass is 586 g/mol. The second kappa shape index (κ2) is 9.89. The Labute approximate surface area is 250 Å². The minimum atomic E-state index is -0.294. The van der Waals surface area contributed by atoms with Gasteiger partial charge in [0.15, 0.2) is 17.3 Å². The van der Waals surface area contributed by atoms with Crippen molar-refractivity contribution in [2.24, 2.45) is 5.10 Å². The van der Waals surface area contributed by atoms with E-state index in [9.17, 15) is 4.79 Å². The molecule has 0 unspecified atom stereocenters. The van der Waals surface area contributed by atoms with E-state index in [1.165, 1.54) is 4.68 Å². The SMILES string of the molecule is Cc1c(C=Nn2c(-c3cc4cc(Cl)ccc4o3)nc3ccccc3c2=O)c2ccccc2n1Cc1ccc2c(c1)OCO2. The average Bonchev–Trinajstić information content (AvgIpc) is 3.73. The molecule has 8 rings (SSSR count). The molecular weight excluding hydrogens is 564 g/mol. The summed E-state index contributed by atoms with van der Waals surface area (Å²) in [6, 6.07) is 28.6. The summed E-state index contributed by atoms with van der Waals surface area (Å²) in [6.45, 7) is 2.92. The molecule has 43 heavy (non-hydrogen) atoms. The molecule has 4 heterocycles. The summed E-state index contributed by atoms with van der Waals surface area (Å²) in [4.78, 5) is 18.6. The van der Waals surface area contributed by atoms with Crippen molar-refractivity contribution < 1.29 is 13.9 Å². The van der Waals surface area contributed by atoms with Crippen LogP contribution in [0, 0.1) is 6.92 Å². The van der Waals surface area contributed by atoms with Gasteiger partial charge in [0.1, 0.15) is 5.58 Å². The lowest BCUT2D eigenvalue weighted by molar-refractivity contribution is 0.174. The van der Waals surface area contributed by atoms with Crippen molar-refractivity contribution in [3.05, 3.63) is 123 Å². The molecular formula is C34H23ClN4O4. The molecule has 0 amide bonds. The number of hydrogen-bond acceptors (Lipinski definition) is 6. The van der Waals surface area contributed by atoms with Crippen molar-refractivity contribution >= 4 is 50.6 Å². The van der Waals surface area contributed by atoms with Crippen molar-refractivity contribution in [1.82, 2.24) is 14.2 Å². The number of nitrogens with zero attached hydrogens (tertiary/aromatic N) is 4. The molecule has 0 saturated heterocycles. The Morgan fingerprint density at radius 3 is 2.65 bits per heavy atom. The number of ether oxygens (including phenoxy) is 2. The maximum atomic E-state index is 13.8. The van der Waals surface area contributed by atoms with Gasteiger partial charge in [0.25, 0.3) is 5.56 Å². The average molecular weight is 587 g/mol. The van der Waals surface area contributed by atoms with Crippen LogP contribution >= 0.6 is 11.6 Å². The molecule has 0 atom stereocenters. The Morgan fingerprint density at radius 1 is 0.930 bits per heavy atom. The van der Waals surface area contributed by atoms with Gasteiger partial charge >= 0.3 is 0 Å². The van der Waals surface area contributed by atoms with Crippen molar-refractivity contribution in [2.75, 3.05) is 6.79 Å². The number of halogens is 1. The van der Waals surface area contributed by atoms with Crippen LogP contribution in [0.4, 0.5) is 0 Å². The second-order valence-corrected chi connectivity index (χ2v) is 10.8. The predicted octanol–water partition coefficient (Wildman–Crippen LogP) is 7.39. The molecule has 1 aliphatic heterocycles. The van der Waals surface area contributed by atoms with E-state index >= 15 is 0 Å². The standard InChI is InChI=1S/C34H23ClN4O4/c1-20-26(24-6-3-5-9-28(24)38(20)18-21-10-12-30-31(14-21)42-19-41-30)17-36-39-33(37-27-8-4-2-7-25(27)34(39)40)32-16-22-15-23(35)11-13-29(22)43-32/h2-17H,18-19H2,1H3. The predicted molar refractivity (Wildman–Crippen MR) is 168 cm³/mol. The molecule has 0 radical (unpaired) electrons. The van der Waals surface area contributed by atoms with Crippen LogP contribution in [0.25, 0.3) is 44.4 Å². The molecule has 9 heteroatoms. The van der Waals surface area contributed by atoms with Crippen LogP contribution in [0.15, 0.2) is 105 Å². The second-order valence-electron chi connectivity index (χ2n) is 10.4. The van der Waals surface area contributed by atoms with E-state index in [0.717, 1.165) is 44.6 Å². The van der Waals surface area contributed by atoms with Crippen molar-refractivity contribution in [3.8, 4) is 23.1 Å². The lowest BCUT2D eigenvalue weighted by Crippen LogP contribution is -2.20. The first kappa shape index (κ1) is 25.4. The van der Waals surface area contributed by atoms with E-state index in [1.54, 1.807) is 24.4 Å². The summed E-state index contributed by atoms with van der Waals surface area (Å²) in [6.07, 6.45) is 1.73. The molecule has 0 fully saturated rings. The smallest absolute Gasteiger partial charge is 0.282 e. The largest absolute Gasteiger partial charge is 0.454 e. The Hall–Kier alpha value is -5.34. The highest BCUT2D eigenvalue weighted by Gasteiger charge is 2.19. The fraction of sp³-hybridized carbons (Fsp3) is 0.0882. The normalized spacial score (nSPS) is 12.8. The van der Waals surface area contributed by atoms with Crippen molar-refractivity contribution in [2.45, 2.75) is 13.5 Å². The highest BCUT2D eigenvalue weighted by molar-refractivity contribution is 6.31. The summed E-state index contributed by atoms with van der Waals surface area (Å²) in [7, 11) is 0. The molecule has 1 aliphatic rings. The van der Waals surface area contributed by atoms with E-state index < -0.39 is 0 Å².